The van der Waals surface area contributed by atoms with Crippen LogP contribution in [0.4, 0.5) is 0 Å². The fourth-order valence-electron chi connectivity index (χ4n) is 2.48. The van der Waals surface area contributed by atoms with E-state index in [0.717, 1.165) is 5.56 Å². The zero-order valence-corrected chi connectivity index (χ0v) is 15.6. The van der Waals surface area contributed by atoms with E-state index in [0.29, 0.717) is 29.4 Å². The molecule has 0 atom stereocenters. The van der Waals surface area contributed by atoms with Crippen LogP contribution >= 0.6 is 0 Å². The molecule has 7 heteroatoms. The second-order valence-electron chi connectivity index (χ2n) is 6.08. The lowest BCUT2D eigenvalue weighted by Crippen LogP contribution is -2.12. The summed E-state index contributed by atoms with van der Waals surface area (Å²) in [5.74, 6) is -0.000532. The topological polar surface area (TPSA) is 69.0 Å². The molecule has 0 bridgehead atoms. The summed E-state index contributed by atoms with van der Waals surface area (Å²) in [6, 6.07) is 11.6. The average molecular weight is 366 g/mol. The number of esters is 1. The van der Waals surface area contributed by atoms with Crippen LogP contribution in [0.25, 0.3) is 11.7 Å². The van der Waals surface area contributed by atoms with Crippen LogP contribution in [0.3, 0.4) is 0 Å². The molecule has 0 unspecified atom stereocenters. The second kappa shape index (κ2) is 8.35. The van der Waals surface area contributed by atoms with Crippen molar-refractivity contribution < 1.29 is 14.3 Å². The summed E-state index contributed by atoms with van der Waals surface area (Å²) < 4.78 is 12.5. The van der Waals surface area contributed by atoms with Gasteiger partial charge in [-0.2, -0.15) is 0 Å². The van der Waals surface area contributed by atoms with Crippen molar-refractivity contribution in [2.24, 2.45) is 0 Å². The van der Waals surface area contributed by atoms with Gasteiger partial charge in [-0.1, -0.05) is 30.3 Å². The minimum atomic E-state index is -0.437. The van der Waals surface area contributed by atoms with Gasteiger partial charge in [0, 0.05) is 32.6 Å². The van der Waals surface area contributed by atoms with Crippen molar-refractivity contribution in [2.75, 3.05) is 20.7 Å². The molecule has 3 aromatic rings. The van der Waals surface area contributed by atoms with Crippen LogP contribution < -0.4 is 4.74 Å². The molecule has 0 aliphatic rings. The molecule has 0 amide bonds. The van der Waals surface area contributed by atoms with Crippen LogP contribution in [0.2, 0.25) is 0 Å². The van der Waals surface area contributed by atoms with E-state index in [1.807, 2.05) is 55.5 Å². The van der Waals surface area contributed by atoms with E-state index in [-0.39, 0.29) is 6.61 Å². The zero-order valence-electron chi connectivity index (χ0n) is 15.6. The Morgan fingerprint density at radius 1 is 1.26 bits per heavy atom. The van der Waals surface area contributed by atoms with Crippen molar-refractivity contribution in [1.82, 2.24) is 19.5 Å². The molecule has 0 N–H and O–H groups in total. The minimum Gasteiger partial charge on any atom is -0.472 e. The monoisotopic (exact) mass is 366 g/mol. The van der Waals surface area contributed by atoms with E-state index < -0.39 is 5.97 Å². The molecule has 0 saturated heterocycles. The summed E-state index contributed by atoms with van der Waals surface area (Å²) in [7, 11) is 3.80. The predicted molar refractivity (Wildman–Crippen MR) is 102 cm³/mol. The molecular weight excluding hydrogens is 344 g/mol. The molecule has 7 nitrogen and oxygen atoms in total. The third kappa shape index (κ3) is 4.44. The number of hydrogen-bond donors (Lipinski definition) is 0. The molecule has 2 heterocycles. The first-order valence-electron chi connectivity index (χ1n) is 8.65. The maximum Gasteiger partial charge on any atom is 0.341 e. The molecule has 3 rings (SSSR count). The van der Waals surface area contributed by atoms with Gasteiger partial charge in [0.25, 0.3) is 0 Å². The normalized spacial score (nSPS) is 11.1. The molecular formula is C20H22N4O3. The number of carbonyl (C=O) groups is 1. The van der Waals surface area contributed by atoms with Crippen LogP contribution in [-0.2, 0) is 11.3 Å². The van der Waals surface area contributed by atoms with Crippen LogP contribution in [0, 0.1) is 0 Å². The summed E-state index contributed by atoms with van der Waals surface area (Å²) in [6.07, 6.45) is 5.14. The molecule has 2 aromatic heterocycles. The molecule has 1 aromatic carbocycles. The third-order valence-corrected chi connectivity index (χ3v) is 3.75. The Hall–Kier alpha value is -3.35. The molecule has 0 saturated carbocycles. The maximum atomic E-state index is 12.3. The van der Waals surface area contributed by atoms with Crippen molar-refractivity contribution in [2.45, 2.75) is 13.5 Å². The van der Waals surface area contributed by atoms with Gasteiger partial charge in [0.1, 0.15) is 12.2 Å². The van der Waals surface area contributed by atoms with E-state index in [1.54, 1.807) is 23.6 Å². The largest absolute Gasteiger partial charge is 0.472 e. The highest BCUT2D eigenvalue weighted by atomic mass is 16.5. The number of ether oxygens (including phenoxy) is 2. The molecule has 0 radical (unpaired) electrons. The number of aromatic nitrogens is 3. The molecule has 0 fully saturated rings. The van der Waals surface area contributed by atoms with Crippen molar-refractivity contribution in [3.8, 4) is 5.88 Å². The van der Waals surface area contributed by atoms with E-state index in [4.69, 9.17) is 9.47 Å². The number of nitrogens with zero attached hydrogens (tertiary/aromatic N) is 4. The fourth-order valence-corrected chi connectivity index (χ4v) is 2.48. The van der Waals surface area contributed by atoms with Gasteiger partial charge < -0.3 is 14.4 Å². The summed E-state index contributed by atoms with van der Waals surface area (Å²) in [6.45, 7) is 2.46. The molecule has 0 aliphatic heterocycles. The lowest BCUT2D eigenvalue weighted by atomic mass is 10.2. The number of hydrogen-bond acceptors (Lipinski definition) is 6. The Kier molecular flexibility index (Phi) is 5.71. The Morgan fingerprint density at radius 2 is 2.04 bits per heavy atom. The first kappa shape index (κ1) is 18.4. The number of benzene rings is 1. The average Bonchev–Trinajstić information content (AvgIpc) is 3.08. The number of carbonyl (C=O) groups excluding carboxylic acids is 1. The first-order chi connectivity index (χ1) is 13.1. The van der Waals surface area contributed by atoms with E-state index in [9.17, 15) is 4.79 Å². The van der Waals surface area contributed by atoms with Crippen LogP contribution in [-0.4, -0.2) is 46.2 Å². The van der Waals surface area contributed by atoms with Gasteiger partial charge in [-0.15, -0.1) is 5.10 Å². The number of fused-ring (bicyclic) bond motifs is 1. The highest BCUT2D eigenvalue weighted by Gasteiger charge is 2.17. The smallest absolute Gasteiger partial charge is 0.341 e. The molecule has 0 spiro atoms. The molecule has 140 valence electrons. The lowest BCUT2D eigenvalue weighted by molar-refractivity contribution is 0.0525. The zero-order chi connectivity index (χ0) is 19.2. The van der Waals surface area contributed by atoms with Crippen molar-refractivity contribution in [3.63, 3.8) is 0 Å². The summed E-state index contributed by atoms with van der Waals surface area (Å²) >= 11 is 0. The van der Waals surface area contributed by atoms with Crippen molar-refractivity contribution in [3.05, 3.63) is 65.6 Å². The molecule has 0 aliphatic carbocycles. The maximum absolute atomic E-state index is 12.3. The Labute approximate surface area is 157 Å². The fraction of sp³-hybridized carbons (Fsp3) is 0.250. The van der Waals surface area contributed by atoms with Crippen LogP contribution in [0.1, 0.15) is 28.5 Å². The number of rotatable bonds is 7. The Bertz CT molecular complexity index is 949. The summed E-state index contributed by atoms with van der Waals surface area (Å²) in [5.41, 5.74) is 2.56. The van der Waals surface area contributed by atoms with Crippen molar-refractivity contribution in [1.29, 1.82) is 0 Å². The van der Waals surface area contributed by atoms with Gasteiger partial charge in [0.15, 0.2) is 5.65 Å². The van der Waals surface area contributed by atoms with Crippen molar-refractivity contribution >= 4 is 17.7 Å². The first-order valence-corrected chi connectivity index (χ1v) is 8.65. The van der Waals surface area contributed by atoms with E-state index in [2.05, 4.69) is 10.1 Å². The summed E-state index contributed by atoms with van der Waals surface area (Å²) in [4.78, 5) is 18.5. The predicted octanol–water partition coefficient (Wildman–Crippen LogP) is 3.02. The Morgan fingerprint density at radius 3 is 2.74 bits per heavy atom. The quantitative estimate of drug-likeness (QED) is 0.599. The van der Waals surface area contributed by atoms with Gasteiger partial charge in [-0.05, 0) is 18.6 Å². The molecule has 27 heavy (non-hydrogen) atoms. The van der Waals surface area contributed by atoms with Crippen LogP contribution in [0.5, 0.6) is 5.88 Å². The third-order valence-electron chi connectivity index (χ3n) is 3.75. The van der Waals surface area contributed by atoms with E-state index in [1.165, 1.54) is 6.20 Å². The second-order valence-corrected chi connectivity index (χ2v) is 6.08. The summed E-state index contributed by atoms with van der Waals surface area (Å²) in [5, 5.41) is 4.46. The highest BCUT2D eigenvalue weighted by molar-refractivity contribution is 5.93. The Balaban J connectivity index is 1.96. The van der Waals surface area contributed by atoms with Crippen LogP contribution in [0.15, 0.2) is 48.8 Å². The van der Waals surface area contributed by atoms with Gasteiger partial charge in [0.05, 0.1) is 12.3 Å². The minimum absolute atomic E-state index is 0.290. The standard InChI is InChI=1S/C20H22N4O3/c1-4-26-20(25)16-13-21-18-12-19(27-14-15-8-6-5-7-9-15)22-24(18)17(16)10-11-23(2)3/h5-13H,4,14H2,1-3H3/b11-10+. The van der Waals surface area contributed by atoms with Gasteiger partial charge in [-0.3, -0.25) is 0 Å². The highest BCUT2D eigenvalue weighted by Crippen LogP contribution is 2.19. The van der Waals surface area contributed by atoms with E-state index >= 15 is 0 Å². The van der Waals surface area contributed by atoms with Gasteiger partial charge in [-0.25, -0.2) is 14.3 Å². The van der Waals surface area contributed by atoms with Gasteiger partial charge >= 0.3 is 5.97 Å². The lowest BCUT2D eigenvalue weighted by Gasteiger charge is -2.09. The van der Waals surface area contributed by atoms with Gasteiger partial charge in [0.2, 0.25) is 5.88 Å². The SMILES string of the molecule is CCOC(=O)c1cnc2cc(OCc3ccccc3)nn2c1/C=C/N(C)C.